The minimum Gasteiger partial charge on any atom is -0.466 e. The first kappa shape index (κ1) is 21.6. The molecule has 1 amide bonds. The summed E-state index contributed by atoms with van der Waals surface area (Å²) in [6.07, 6.45) is 4.81. The van der Waals surface area contributed by atoms with Gasteiger partial charge in [0.15, 0.2) is 0 Å². The molecule has 0 fully saturated rings. The number of oxime groups is 1. The summed E-state index contributed by atoms with van der Waals surface area (Å²) in [5.41, 5.74) is 4.67. The lowest BCUT2D eigenvalue weighted by atomic mass is 9.82. The largest absolute Gasteiger partial charge is 0.466 e. The van der Waals surface area contributed by atoms with Crippen LogP contribution in [0.5, 0.6) is 0 Å². The van der Waals surface area contributed by atoms with Gasteiger partial charge in [-0.05, 0) is 80.0 Å². The Bertz CT molecular complexity index is 906. The fourth-order valence-corrected chi connectivity index (χ4v) is 3.64. The zero-order valence-corrected chi connectivity index (χ0v) is 17.5. The molecule has 0 heterocycles. The van der Waals surface area contributed by atoms with Gasteiger partial charge in [-0.2, -0.15) is 0 Å². The van der Waals surface area contributed by atoms with Crippen LogP contribution in [0.25, 0.3) is 0 Å². The van der Waals surface area contributed by atoms with E-state index >= 15 is 0 Å². The molecule has 3 rings (SSSR count). The highest BCUT2D eigenvalue weighted by Crippen LogP contribution is 2.30. The van der Waals surface area contributed by atoms with Crippen molar-refractivity contribution in [2.75, 3.05) is 18.5 Å². The van der Waals surface area contributed by atoms with Gasteiger partial charge in [0.1, 0.15) is 6.61 Å². The van der Waals surface area contributed by atoms with Crippen LogP contribution < -0.4 is 5.32 Å². The molecule has 1 atom stereocenters. The number of esters is 1. The number of carbonyl (C=O) groups excluding carboxylic acids is 2. The van der Waals surface area contributed by atoms with Gasteiger partial charge in [-0.1, -0.05) is 23.4 Å². The molecular formula is C24H28N2O4. The van der Waals surface area contributed by atoms with Crippen molar-refractivity contribution >= 4 is 23.8 Å². The fourth-order valence-electron chi connectivity index (χ4n) is 3.64. The van der Waals surface area contributed by atoms with Gasteiger partial charge in [-0.15, -0.1) is 0 Å². The summed E-state index contributed by atoms with van der Waals surface area (Å²) in [5, 5.41) is 6.79. The molecule has 158 valence electrons. The maximum atomic E-state index is 12.6. The highest BCUT2D eigenvalue weighted by Gasteiger charge is 2.22. The second-order valence-electron chi connectivity index (χ2n) is 7.33. The van der Waals surface area contributed by atoms with E-state index in [1.165, 1.54) is 11.1 Å². The minimum atomic E-state index is -0.165. The number of aryl methyl sites for hydroxylation is 1. The summed E-state index contributed by atoms with van der Waals surface area (Å²) < 4.78 is 5.08. The first-order valence-electron chi connectivity index (χ1n) is 10.4. The monoisotopic (exact) mass is 408 g/mol. The molecule has 30 heavy (non-hydrogen) atoms. The number of anilines is 1. The molecule has 2 aromatic carbocycles. The molecular weight excluding hydrogens is 380 g/mol. The van der Waals surface area contributed by atoms with Gasteiger partial charge in [0.05, 0.1) is 12.8 Å². The van der Waals surface area contributed by atoms with Crippen LogP contribution in [0, 0.1) is 5.92 Å². The van der Waals surface area contributed by atoms with Crippen LogP contribution in [0.2, 0.25) is 0 Å². The van der Waals surface area contributed by atoms with Crippen LogP contribution in [-0.2, 0) is 27.2 Å². The van der Waals surface area contributed by atoms with Gasteiger partial charge < -0.3 is 14.9 Å². The summed E-state index contributed by atoms with van der Waals surface area (Å²) in [4.78, 5) is 29.3. The maximum absolute atomic E-state index is 12.6. The average Bonchev–Trinajstić information content (AvgIpc) is 2.74. The second-order valence-corrected chi connectivity index (χ2v) is 7.33. The van der Waals surface area contributed by atoms with Crippen LogP contribution in [-0.4, -0.2) is 31.3 Å². The van der Waals surface area contributed by atoms with E-state index in [1.807, 2.05) is 38.1 Å². The van der Waals surface area contributed by atoms with Crippen LogP contribution >= 0.6 is 0 Å². The average molecular weight is 408 g/mol. The highest BCUT2D eigenvalue weighted by molar-refractivity contribution is 6.04. The lowest BCUT2D eigenvalue weighted by Crippen LogP contribution is -2.19. The third kappa shape index (κ3) is 5.92. The van der Waals surface area contributed by atoms with Crippen molar-refractivity contribution in [3.8, 4) is 0 Å². The summed E-state index contributed by atoms with van der Waals surface area (Å²) in [5.74, 6) is -0.0133. The summed E-state index contributed by atoms with van der Waals surface area (Å²) in [6, 6.07) is 13.2. The lowest BCUT2D eigenvalue weighted by Gasteiger charge is -2.24. The molecule has 6 heteroatoms. The second kappa shape index (κ2) is 10.6. The van der Waals surface area contributed by atoms with E-state index in [9.17, 15) is 9.59 Å². The van der Waals surface area contributed by atoms with E-state index < -0.39 is 0 Å². The van der Waals surface area contributed by atoms with Crippen molar-refractivity contribution in [2.45, 2.75) is 39.5 Å². The molecule has 1 aliphatic rings. The summed E-state index contributed by atoms with van der Waals surface area (Å²) >= 11 is 0. The number of carbonyl (C=O) groups is 2. The molecule has 2 aromatic rings. The van der Waals surface area contributed by atoms with Crippen molar-refractivity contribution in [1.29, 1.82) is 0 Å². The molecule has 0 saturated heterocycles. The van der Waals surface area contributed by atoms with E-state index in [2.05, 4.69) is 16.5 Å². The molecule has 1 unspecified atom stereocenters. The molecule has 0 bridgehead atoms. The number of nitrogens with one attached hydrogen (secondary N) is 1. The number of nitrogens with zero attached hydrogens (tertiary/aromatic N) is 1. The van der Waals surface area contributed by atoms with E-state index in [0.717, 1.165) is 30.5 Å². The summed E-state index contributed by atoms with van der Waals surface area (Å²) in [7, 11) is 0. The molecule has 1 N–H and O–H groups in total. The topological polar surface area (TPSA) is 77.0 Å². The predicted molar refractivity (Wildman–Crippen MR) is 117 cm³/mol. The van der Waals surface area contributed by atoms with E-state index in [-0.39, 0.29) is 17.8 Å². The number of benzene rings is 2. The Kier molecular flexibility index (Phi) is 7.60. The number of ether oxygens (including phenoxy) is 1. The van der Waals surface area contributed by atoms with Gasteiger partial charge in [0.2, 0.25) is 0 Å². The Balaban J connectivity index is 1.62. The number of hydrogen-bond acceptors (Lipinski definition) is 5. The molecule has 0 spiro atoms. The number of rotatable bonds is 8. The minimum absolute atomic E-state index is 0.134. The fraction of sp³-hybridized carbons (Fsp3) is 0.375. The van der Waals surface area contributed by atoms with Crippen LogP contribution in [0.3, 0.4) is 0 Å². The van der Waals surface area contributed by atoms with Gasteiger partial charge in [-0.25, -0.2) is 0 Å². The highest BCUT2D eigenvalue weighted by atomic mass is 16.6. The van der Waals surface area contributed by atoms with Gasteiger partial charge in [-0.3, -0.25) is 9.59 Å². The van der Waals surface area contributed by atoms with Crippen molar-refractivity contribution in [3.05, 3.63) is 64.7 Å². The first-order valence-corrected chi connectivity index (χ1v) is 10.4. The third-order valence-electron chi connectivity index (χ3n) is 5.13. The van der Waals surface area contributed by atoms with Crippen molar-refractivity contribution in [3.63, 3.8) is 0 Å². The number of hydrogen-bond donors (Lipinski definition) is 1. The Morgan fingerprint density at radius 2 is 1.90 bits per heavy atom. The van der Waals surface area contributed by atoms with Crippen molar-refractivity contribution in [1.82, 2.24) is 0 Å². The lowest BCUT2D eigenvalue weighted by molar-refractivity contribution is -0.144. The van der Waals surface area contributed by atoms with E-state index in [4.69, 9.17) is 9.57 Å². The Labute approximate surface area is 177 Å². The maximum Gasteiger partial charge on any atom is 0.306 e. The SMILES string of the molecule is CCO/N=C/c1ccc(C(=O)Nc2ccc3c(c2)CC(CC(=O)OCC)CC3)cc1. The van der Waals surface area contributed by atoms with E-state index in [0.29, 0.717) is 25.2 Å². The molecule has 0 aromatic heterocycles. The van der Waals surface area contributed by atoms with Crippen LogP contribution in [0.4, 0.5) is 5.69 Å². The van der Waals surface area contributed by atoms with E-state index in [1.54, 1.807) is 18.3 Å². The smallest absolute Gasteiger partial charge is 0.306 e. The zero-order valence-electron chi connectivity index (χ0n) is 17.5. The molecule has 0 radical (unpaired) electrons. The Morgan fingerprint density at radius 1 is 1.10 bits per heavy atom. The van der Waals surface area contributed by atoms with Crippen molar-refractivity contribution < 1.29 is 19.2 Å². The predicted octanol–water partition coefficient (Wildman–Crippen LogP) is 4.37. The molecule has 0 aliphatic heterocycles. The summed E-state index contributed by atoms with van der Waals surface area (Å²) in [6.45, 7) is 4.62. The van der Waals surface area contributed by atoms with Gasteiger partial charge >= 0.3 is 5.97 Å². The number of fused-ring (bicyclic) bond motifs is 1. The quantitative estimate of drug-likeness (QED) is 0.400. The Hall–Kier alpha value is -3.15. The number of amides is 1. The normalized spacial score (nSPS) is 15.5. The molecule has 6 nitrogen and oxygen atoms in total. The van der Waals surface area contributed by atoms with Gasteiger partial charge in [0.25, 0.3) is 5.91 Å². The Morgan fingerprint density at radius 3 is 2.63 bits per heavy atom. The standard InChI is InChI=1S/C24H28N2O4/c1-3-29-23(27)14-18-7-8-19-11-12-22(15-21(19)13-18)26-24(28)20-9-5-17(6-10-20)16-25-30-4-2/h5-6,9-12,15-16,18H,3-4,7-8,13-14H2,1-2H3,(H,26,28)/b25-16+. The first-order chi connectivity index (χ1) is 14.6. The molecule has 1 aliphatic carbocycles. The molecule has 0 saturated carbocycles. The van der Waals surface area contributed by atoms with Gasteiger partial charge in [0, 0.05) is 17.7 Å². The zero-order chi connectivity index (χ0) is 21.3. The van der Waals surface area contributed by atoms with Crippen molar-refractivity contribution in [2.24, 2.45) is 11.1 Å². The third-order valence-corrected chi connectivity index (χ3v) is 5.13. The van der Waals surface area contributed by atoms with Crippen LogP contribution in [0.1, 0.15) is 53.7 Å². The van der Waals surface area contributed by atoms with Crippen LogP contribution in [0.15, 0.2) is 47.6 Å².